The van der Waals surface area contributed by atoms with E-state index >= 15 is 0 Å². The first kappa shape index (κ1) is 16.2. The number of nitrogens with one attached hydrogen (secondary N) is 1. The lowest BCUT2D eigenvalue weighted by atomic mass is 9.90. The summed E-state index contributed by atoms with van der Waals surface area (Å²) in [6.07, 6.45) is 1.20. The molecule has 1 aromatic rings. The minimum absolute atomic E-state index is 0.260. The van der Waals surface area contributed by atoms with E-state index in [-0.39, 0.29) is 6.04 Å². The molecule has 1 aliphatic rings. The van der Waals surface area contributed by atoms with E-state index in [1.54, 1.807) is 7.11 Å². The molecule has 2 atom stereocenters. The zero-order valence-corrected chi connectivity index (χ0v) is 14.5. The highest BCUT2D eigenvalue weighted by molar-refractivity contribution is 8.14. The molecule has 0 saturated carbocycles. The average Bonchev–Trinajstić information content (AvgIpc) is 2.83. The number of nitrogens with zero attached hydrogens (tertiary/aromatic N) is 1. The van der Waals surface area contributed by atoms with E-state index in [1.807, 2.05) is 23.9 Å². The van der Waals surface area contributed by atoms with Gasteiger partial charge in [0.25, 0.3) is 0 Å². The molecule has 0 amide bonds. The summed E-state index contributed by atoms with van der Waals surface area (Å²) < 4.78 is 5.19. The number of rotatable bonds is 4. The van der Waals surface area contributed by atoms with Crippen LogP contribution in [0.4, 0.5) is 0 Å². The highest BCUT2D eigenvalue weighted by Crippen LogP contribution is 2.32. The maximum atomic E-state index is 5.19. The van der Waals surface area contributed by atoms with Crippen molar-refractivity contribution < 1.29 is 4.74 Å². The molecule has 0 spiro atoms. The Morgan fingerprint density at radius 3 is 2.57 bits per heavy atom. The molecule has 0 saturated heterocycles. The molecule has 4 heteroatoms. The maximum Gasteiger partial charge on any atom is 0.157 e. The van der Waals surface area contributed by atoms with Gasteiger partial charge in [0.1, 0.15) is 5.75 Å². The van der Waals surface area contributed by atoms with Crippen molar-refractivity contribution in [2.45, 2.75) is 45.4 Å². The van der Waals surface area contributed by atoms with Gasteiger partial charge in [-0.25, -0.2) is 0 Å². The second-order valence-electron chi connectivity index (χ2n) is 6.79. The van der Waals surface area contributed by atoms with Crippen LogP contribution in [0.15, 0.2) is 29.3 Å². The van der Waals surface area contributed by atoms with Gasteiger partial charge in [0.05, 0.1) is 19.7 Å². The molecular weight excluding hydrogens is 280 g/mol. The Balaban J connectivity index is 1.87. The highest BCUT2D eigenvalue weighted by atomic mass is 32.2. The summed E-state index contributed by atoms with van der Waals surface area (Å²) in [6, 6.07) is 8.46. The first-order valence-electron chi connectivity index (χ1n) is 7.49. The van der Waals surface area contributed by atoms with Crippen LogP contribution in [0.5, 0.6) is 5.75 Å². The summed E-state index contributed by atoms with van der Waals surface area (Å²) >= 11 is 1.88. The van der Waals surface area contributed by atoms with Crippen LogP contribution in [0.2, 0.25) is 0 Å². The summed E-state index contributed by atoms with van der Waals surface area (Å²) in [7, 11) is 1.69. The third-order valence-electron chi connectivity index (χ3n) is 3.51. The van der Waals surface area contributed by atoms with Crippen LogP contribution >= 0.6 is 11.8 Å². The van der Waals surface area contributed by atoms with E-state index in [4.69, 9.17) is 4.74 Å². The van der Waals surface area contributed by atoms with Crippen LogP contribution in [-0.4, -0.2) is 24.1 Å². The van der Waals surface area contributed by atoms with Gasteiger partial charge in [-0.15, -0.1) is 0 Å². The van der Waals surface area contributed by atoms with E-state index in [0.717, 1.165) is 17.5 Å². The lowest BCUT2D eigenvalue weighted by molar-refractivity contribution is 0.375. The van der Waals surface area contributed by atoms with Crippen LogP contribution in [-0.2, 0) is 0 Å². The van der Waals surface area contributed by atoms with Gasteiger partial charge in [-0.2, -0.15) is 0 Å². The van der Waals surface area contributed by atoms with E-state index in [1.165, 1.54) is 12.0 Å². The van der Waals surface area contributed by atoms with E-state index in [0.29, 0.717) is 10.7 Å². The quantitative estimate of drug-likeness (QED) is 0.902. The van der Waals surface area contributed by atoms with Gasteiger partial charge in [0, 0.05) is 5.25 Å². The van der Waals surface area contributed by atoms with E-state index in [2.05, 4.69) is 50.1 Å². The summed E-state index contributed by atoms with van der Waals surface area (Å²) in [5.74, 6) is 0.892. The summed E-state index contributed by atoms with van der Waals surface area (Å²) in [5, 5.41) is 5.20. The first-order chi connectivity index (χ1) is 9.87. The Morgan fingerprint density at radius 2 is 2.00 bits per heavy atom. The Bertz CT molecular complexity index is 491. The lowest BCUT2D eigenvalue weighted by Crippen LogP contribution is -2.24. The molecule has 0 fully saturated rings. The van der Waals surface area contributed by atoms with Crippen molar-refractivity contribution in [3.05, 3.63) is 29.8 Å². The smallest absolute Gasteiger partial charge is 0.157 e. The maximum absolute atomic E-state index is 5.19. The molecule has 0 aromatic heterocycles. The largest absolute Gasteiger partial charge is 0.497 e. The van der Waals surface area contributed by atoms with Crippen LogP contribution < -0.4 is 10.1 Å². The Kier molecular flexibility index (Phi) is 5.20. The molecule has 1 heterocycles. The van der Waals surface area contributed by atoms with Gasteiger partial charge in [-0.3, -0.25) is 4.99 Å². The van der Waals surface area contributed by atoms with Gasteiger partial charge in [-0.05, 0) is 36.5 Å². The number of amidine groups is 1. The third-order valence-corrected chi connectivity index (χ3v) is 4.63. The van der Waals surface area contributed by atoms with Gasteiger partial charge < -0.3 is 10.1 Å². The number of ether oxygens (including phenoxy) is 1. The molecule has 116 valence electrons. The molecule has 0 aliphatic carbocycles. The molecule has 1 aliphatic heterocycles. The third kappa shape index (κ3) is 4.95. The van der Waals surface area contributed by atoms with Crippen molar-refractivity contribution >= 4 is 16.9 Å². The van der Waals surface area contributed by atoms with Crippen molar-refractivity contribution in [1.29, 1.82) is 0 Å². The second kappa shape index (κ2) is 6.73. The van der Waals surface area contributed by atoms with Gasteiger partial charge in [-0.1, -0.05) is 44.7 Å². The van der Waals surface area contributed by atoms with Gasteiger partial charge in [0.15, 0.2) is 5.17 Å². The fraction of sp³-hybridized carbons (Fsp3) is 0.588. The van der Waals surface area contributed by atoms with Crippen LogP contribution in [0.1, 0.15) is 45.7 Å². The lowest BCUT2D eigenvalue weighted by Gasteiger charge is -2.22. The number of benzene rings is 1. The zero-order valence-electron chi connectivity index (χ0n) is 13.6. The fourth-order valence-electron chi connectivity index (χ4n) is 2.45. The summed E-state index contributed by atoms with van der Waals surface area (Å²) in [5.41, 5.74) is 1.61. The number of thioether (sulfide) groups is 1. The molecule has 3 nitrogen and oxygen atoms in total. The number of aliphatic imine (C=N–C) groups is 1. The van der Waals surface area contributed by atoms with Crippen LogP contribution in [0, 0.1) is 5.41 Å². The molecule has 1 N–H and O–H groups in total. The van der Waals surface area contributed by atoms with Crippen molar-refractivity contribution in [2.75, 3.05) is 13.7 Å². The standard InChI is InChI=1S/C17H26N2OS/c1-12(13-6-8-14(20-5)9-7-13)19-16-18-11-15(21-16)10-17(2,3)4/h6-9,12,15H,10-11H2,1-5H3,(H,18,19). The molecular formula is C17H26N2OS. The number of hydrogen-bond donors (Lipinski definition) is 1. The zero-order chi connectivity index (χ0) is 15.5. The number of methoxy groups -OCH3 is 1. The Labute approximate surface area is 132 Å². The summed E-state index contributed by atoms with van der Waals surface area (Å²) in [6.45, 7) is 9.97. The van der Waals surface area contributed by atoms with Crippen LogP contribution in [0.25, 0.3) is 0 Å². The van der Waals surface area contributed by atoms with E-state index < -0.39 is 0 Å². The van der Waals surface area contributed by atoms with Crippen molar-refractivity contribution in [3.8, 4) is 5.75 Å². The average molecular weight is 306 g/mol. The molecule has 21 heavy (non-hydrogen) atoms. The van der Waals surface area contributed by atoms with Crippen molar-refractivity contribution in [2.24, 2.45) is 10.4 Å². The second-order valence-corrected chi connectivity index (χ2v) is 8.08. The van der Waals surface area contributed by atoms with E-state index in [9.17, 15) is 0 Å². The normalized spacial score (nSPS) is 20.0. The molecule has 2 unspecified atom stereocenters. The van der Waals surface area contributed by atoms with Gasteiger partial charge in [0.2, 0.25) is 0 Å². The fourth-order valence-corrected chi connectivity index (χ4v) is 3.89. The monoisotopic (exact) mass is 306 g/mol. The topological polar surface area (TPSA) is 33.6 Å². The molecule has 0 radical (unpaired) electrons. The molecule has 0 bridgehead atoms. The minimum Gasteiger partial charge on any atom is -0.497 e. The van der Waals surface area contributed by atoms with Crippen molar-refractivity contribution in [1.82, 2.24) is 5.32 Å². The summed E-state index contributed by atoms with van der Waals surface area (Å²) in [4.78, 5) is 4.64. The van der Waals surface area contributed by atoms with Crippen molar-refractivity contribution in [3.63, 3.8) is 0 Å². The van der Waals surface area contributed by atoms with Gasteiger partial charge >= 0.3 is 0 Å². The SMILES string of the molecule is COc1ccc(C(C)NC2=NCC(CC(C)(C)C)S2)cc1. The van der Waals surface area contributed by atoms with Crippen LogP contribution in [0.3, 0.4) is 0 Å². The first-order valence-corrected chi connectivity index (χ1v) is 8.37. The minimum atomic E-state index is 0.260. The highest BCUT2D eigenvalue weighted by Gasteiger charge is 2.25. The molecule has 1 aromatic carbocycles. The number of hydrogen-bond acceptors (Lipinski definition) is 4. The predicted octanol–water partition coefficient (Wildman–Crippen LogP) is 4.25. The molecule has 2 rings (SSSR count). The Hall–Kier alpha value is -1.16. The predicted molar refractivity (Wildman–Crippen MR) is 92.3 cm³/mol. The Morgan fingerprint density at radius 1 is 1.33 bits per heavy atom.